The maximum absolute atomic E-state index is 11.2. The van der Waals surface area contributed by atoms with Crippen molar-refractivity contribution in [3.63, 3.8) is 0 Å². The van der Waals surface area contributed by atoms with E-state index in [0.29, 0.717) is 17.3 Å². The number of benzene rings is 2. The fourth-order valence-corrected chi connectivity index (χ4v) is 3.84. The molecule has 186 valence electrons. The van der Waals surface area contributed by atoms with Gasteiger partial charge in [0.25, 0.3) is 0 Å². The summed E-state index contributed by atoms with van der Waals surface area (Å²) in [7, 11) is 0. The van der Waals surface area contributed by atoms with Crippen molar-refractivity contribution in [2.24, 2.45) is 5.73 Å². The van der Waals surface area contributed by atoms with Crippen molar-refractivity contribution in [1.82, 2.24) is 4.90 Å². The largest absolute Gasteiger partial charge is 0.399 e. The van der Waals surface area contributed by atoms with Crippen molar-refractivity contribution in [3.05, 3.63) is 113 Å². The zero-order valence-corrected chi connectivity index (χ0v) is 22.0. The Morgan fingerprint density at radius 1 is 1.14 bits per heavy atom. The molecular weight excluding hydrogens is 430 g/mol. The zero-order chi connectivity index (χ0) is 26.2. The second-order valence-corrected chi connectivity index (χ2v) is 8.42. The Morgan fingerprint density at radius 2 is 1.77 bits per heavy atom. The normalized spacial score (nSPS) is 12.0. The molecule has 0 heterocycles. The van der Waals surface area contributed by atoms with Crippen molar-refractivity contribution < 1.29 is 4.79 Å². The van der Waals surface area contributed by atoms with E-state index in [-0.39, 0.29) is 0 Å². The van der Waals surface area contributed by atoms with Crippen LogP contribution in [0.2, 0.25) is 0 Å². The molecule has 2 aromatic carbocycles. The molecule has 2 aromatic rings. The van der Waals surface area contributed by atoms with E-state index in [1.165, 1.54) is 22.9 Å². The highest BCUT2D eigenvalue weighted by atomic mass is 16.1. The van der Waals surface area contributed by atoms with Crippen molar-refractivity contribution in [3.8, 4) is 0 Å². The molecule has 0 bridgehead atoms. The summed E-state index contributed by atoms with van der Waals surface area (Å²) in [4.78, 5) is 13.3. The first-order valence-electron chi connectivity index (χ1n) is 12.3. The number of hydrogen-bond donors (Lipinski definition) is 2. The molecule has 0 saturated heterocycles. The van der Waals surface area contributed by atoms with E-state index in [1.807, 2.05) is 31.1 Å². The lowest BCUT2D eigenvalue weighted by atomic mass is 9.89. The molecule has 4 nitrogen and oxygen atoms in total. The highest BCUT2D eigenvalue weighted by Gasteiger charge is 2.13. The maximum atomic E-state index is 11.2. The molecular formula is C31H41N3O. The average Bonchev–Trinajstić information content (AvgIpc) is 2.89. The van der Waals surface area contributed by atoms with Gasteiger partial charge in [-0.3, -0.25) is 0 Å². The van der Waals surface area contributed by atoms with Crippen LogP contribution in [-0.4, -0.2) is 30.1 Å². The molecule has 1 unspecified atom stereocenters. The van der Waals surface area contributed by atoms with Crippen LogP contribution in [0.4, 0.5) is 0 Å². The second-order valence-electron chi connectivity index (χ2n) is 8.42. The number of nitrogens with zero attached hydrogens (tertiary/aromatic N) is 1. The molecule has 1 atom stereocenters. The summed E-state index contributed by atoms with van der Waals surface area (Å²) in [6.07, 6.45) is 8.57. The minimum atomic E-state index is 0.371. The van der Waals surface area contributed by atoms with Crippen LogP contribution >= 0.6 is 0 Å². The van der Waals surface area contributed by atoms with Crippen LogP contribution in [0.1, 0.15) is 68.7 Å². The van der Waals surface area contributed by atoms with Crippen molar-refractivity contribution >= 4 is 12.2 Å². The van der Waals surface area contributed by atoms with Gasteiger partial charge >= 0.3 is 0 Å². The molecule has 0 saturated carbocycles. The Hall–Kier alpha value is -3.62. The van der Waals surface area contributed by atoms with Crippen LogP contribution in [0.3, 0.4) is 0 Å². The van der Waals surface area contributed by atoms with Crippen LogP contribution in [0, 0.1) is 12.3 Å². The smallest absolute Gasteiger partial charge is 0.151 e. The molecule has 0 amide bonds. The Balaban J connectivity index is 0.000000350. The lowest BCUT2D eigenvalue weighted by Gasteiger charge is -2.24. The minimum absolute atomic E-state index is 0.371. The number of rotatable bonds is 11. The predicted molar refractivity (Wildman–Crippen MR) is 151 cm³/mol. The summed E-state index contributed by atoms with van der Waals surface area (Å²) in [5, 5.41) is 7.33. The molecule has 0 aromatic heterocycles. The fraction of sp³-hybridized carbons (Fsp3) is 0.323. The number of allylic oxidation sites excluding steroid dienone is 3. The van der Waals surface area contributed by atoms with Gasteiger partial charge in [0.2, 0.25) is 0 Å². The molecule has 0 spiro atoms. The summed E-state index contributed by atoms with van der Waals surface area (Å²) in [6, 6.07) is 16.7. The standard InChI is InChI=1S/C16H17N.C15H24N2O/c1-12-8-9-14(11-17)10-16(12)13(2)15-6-4-3-5-7-15;1-5-9-17(10-6-2)15(12-18)13(7-3)11-14(16)8-4/h3-11,13,17H,1-2H3;7-8,11H,4-6,9-10,16H2,1-3H3/b;13-7+,14-11+. The Labute approximate surface area is 212 Å². The lowest BCUT2D eigenvalue weighted by Crippen LogP contribution is -2.26. The topological polar surface area (TPSA) is 70.2 Å². The van der Waals surface area contributed by atoms with E-state index in [9.17, 15) is 4.79 Å². The third-order valence-corrected chi connectivity index (χ3v) is 5.78. The number of hydrogen-bond acceptors (Lipinski definition) is 4. The van der Waals surface area contributed by atoms with Gasteiger partial charge in [-0.1, -0.05) is 75.9 Å². The minimum Gasteiger partial charge on any atom is -0.399 e. The van der Waals surface area contributed by atoms with Gasteiger partial charge < -0.3 is 16.0 Å². The Morgan fingerprint density at radius 3 is 2.26 bits per heavy atom. The number of aryl methyl sites for hydroxylation is 1. The summed E-state index contributed by atoms with van der Waals surface area (Å²) in [5.41, 5.74) is 12.5. The molecule has 35 heavy (non-hydrogen) atoms. The van der Waals surface area contributed by atoms with E-state index in [2.05, 4.69) is 75.6 Å². The highest BCUT2D eigenvalue weighted by molar-refractivity contribution is 5.77. The van der Waals surface area contributed by atoms with Gasteiger partial charge in [-0.25, -0.2) is 4.79 Å². The van der Waals surface area contributed by atoms with Crippen molar-refractivity contribution in [2.45, 2.75) is 53.4 Å². The Kier molecular flexibility index (Phi) is 13.5. The van der Waals surface area contributed by atoms with Gasteiger partial charge in [0.05, 0.1) is 0 Å². The zero-order valence-electron chi connectivity index (χ0n) is 22.0. The third kappa shape index (κ3) is 9.27. The van der Waals surface area contributed by atoms with Crippen molar-refractivity contribution in [2.75, 3.05) is 13.1 Å². The van der Waals surface area contributed by atoms with E-state index in [4.69, 9.17) is 11.1 Å². The number of nitrogens with two attached hydrogens (primary N) is 1. The summed E-state index contributed by atoms with van der Waals surface area (Å²) < 4.78 is 0. The van der Waals surface area contributed by atoms with Gasteiger partial charge in [-0.2, -0.15) is 0 Å². The molecule has 0 radical (unpaired) electrons. The molecule has 2 rings (SSSR count). The van der Waals surface area contributed by atoms with Gasteiger partial charge in [0.1, 0.15) is 5.70 Å². The third-order valence-electron chi connectivity index (χ3n) is 5.78. The molecule has 0 aliphatic rings. The first kappa shape index (κ1) is 29.4. The van der Waals surface area contributed by atoms with E-state index in [0.717, 1.165) is 37.1 Å². The van der Waals surface area contributed by atoms with Crippen LogP contribution in [0.25, 0.3) is 0 Å². The van der Waals surface area contributed by atoms with Crippen LogP contribution in [0.15, 0.2) is 90.3 Å². The Bertz CT molecular complexity index is 1050. The summed E-state index contributed by atoms with van der Waals surface area (Å²) >= 11 is 0. The van der Waals surface area contributed by atoms with Crippen LogP contribution in [0.5, 0.6) is 0 Å². The highest BCUT2D eigenvalue weighted by Crippen LogP contribution is 2.27. The molecule has 3 N–H and O–H groups in total. The van der Waals surface area contributed by atoms with Gasteiger partial charge in [-0.15, -0.1) is 0 Å². The number of nitrogens with one attached hydrogen (secondary N) is 1. The molecule has 4 heteroatoms. The van der Waals surface area contributed by atoms with Gasteiger partial charge in [-0.05, 0) is 67.2 Å². The monoisotopic (exact) mass is 471 g/mol. The fourth-order valence-electron chi connectivity index (χ4n) is 3.84. The van der Waals surface area contributed by atoms with Crippen molar-refractivity contribution in [1.29, 1.82) is 5.41 Å². The second kappa shape index (κ2) is 16.1. The average molecular weight is 472 g/mol. The molecule has 0 aliphatic heterocycles. The maximum Gasteiger partial charge on any atom is 0.151 e. The first-order chi connectivity index (χ1) is 16.9. The summed E-state index contributed by atoms with van der Waals surface area (Å²) in [5.74, 6) is 2.41. The van der Waals surface area contributed by atoms with E-state index < -0.39 is 0 Å². The van der Waals surface area contributed by atoms with Gasteiger partial charge in [0.15, 0.2) is 5.94 Å². The summed E-state index contributed by atoms with van der Waals surface area (Å²) in [6.45, 7) is 15.7. The predicted octanol–water partition coefficient (Wildman–Crippen LogP) is 6.94. The number of carbonyl (C=O) groups excluding carboxylic acids is 1. The van der Waals surface area contributed by atoms with Crippen LogP contribution < -0.4 is 5.73 Å². The quantitative estimate of drug-likeness (QED) is 0.212. The molecule has 0 aliphatic carbocycles. The lowest BCUT2D eigenvalue weighted by molar-refractivity contribution is 0.353. The SMILES string of the molecule is C=C/C(N)=C\C(=C/C)C(=C=O)N(CCC)CCC.Cc1ccc(C=N)cc1C(C)c1ccccc1. The van der Waals surface area contributed by atoms with E-state index in [1.54, 1.807) is 12.2 Å². The van der Waals surface area contributed by atoms with Gasteiger partial charge in [0, 0.05) is 36.5 Å². The van der Waals surface area contributed by atoms with Crippen LogP contribution in [-0.2, 0) is 4.79 Å². The van der Waals surface area contributed by atoms with E-state index >= 15 is 0 Å². The first-order valence-corrected chi connectivity index (χ1v) is 12.3. The molecule has 0 fully saturated rings.